The Hall–Kier alpha value is 0.359. The summed E-state index contributed by atoms with van der Waals surface area (Å²) in [6, 6.07) is 4.06. The maximum absolute atomic E-state index is 4.20. The van der Waals surface area contributed by atoms with E-state index in [4.69, 9.17) is 0 Å². The number of hydrogen-bond acceptors (Lipinski definition) is 4. The summed E-state index contributed by atoms with van der Waals surface area (Å²) in [6.07, 6.45) is 0. The molecule has 0 aliphatic carbocycles. The second-order valence-electron chi connectivity index (χ2n) is 1.71. The molecule has 0 atom stereocenters. The summed E-state index contributed by atoms with van der Waals surface area (Å²) in [4.78, 5) is 0. The molecule has 2 nitrogen and oxygen atoms in total. The zero-order valence-electron chi connectivity index (χ0n) is 6.13. The van der Waals surface area contributed by atoms with E-state index >= 15 is 0 Å². The molecule has 0 radical (unpaired) electrons. The Morgan fingerprint density at radius 1 is 0.923 bits per heavy atom. The Kier molecular flexibility index (Phi) is 6.95. The van der Waals surface area contributed by atoms with Crippen LogP contribution in [-0.4, -0.2) is 8.75 Å². The van der Waals surface area contributed by atoms with Gasteiger partial charge < -0.3 is 24.8 Å². The fourth-order valence-corrected chi connectivity index (χ4v) is 2.99. The number of aromatic nitrogens is 2. The first-order valence-corrected chi connectivity index (χ1v) is 5.66. The minimum atomic E-state index is 0. The molecule has 0 N–H and O–H groups in total. The van der Waals surface area contributed by atoms with Crippen LogP contribution in [0.5, 0.6) is 0 Å². The van der Waals surface area contributed by atoms with Gasteiger partial charge in [0.1, 0.15) is 0 Å². The number of hydrogen-bond donors (Lipinski definition) is 0. The van der Waals surface area contributed by atoms with Gasteiger partial charge in [0.25, 0.3) is 0 Å². The van der Waals surface area contributed by atoms with Crippen LogP contribution < -0.4 is 34.0 Å². The number of nitrogens with zero attached hydrogens (tertiary/aromatic N) is 2. The van der Waals surface area contributed by atoms with Gasteiger partial charge in [-0.2, -0.15) is 0 Å². The molecule has 0 unspecified atom stereocenters. The van der Waals surface area contributed by atoms with Gasteiger partial charge in [-0.1, -0.05) is 0 Å². The molecule has 0 amide bonds. The van der Waals surface area contributed by atoms with Crippen LogP contribution in [0, 0.1) is 0 Å². The predicted molar refractivity (Wildman–Crippen MR) is 43.5 cm³/mol. The van der Waals surface area contributed by atoms with Crippen LogP contribution in [0.15, 0.2) is 22.9 Å². The fourth-order valence-electron chi connectivity index (χ4n) is 0.574. The third-order valence-electron chi connectivity index (χ3n) is 0.981. The van der Waals surface area contributed by atoms with E-state index in [1.807, 2.05) is 22.9 Å². The van der Waals surface area contributed by atoms with Crippen LogP contribution in [0.25, 0.3) is 0 Å². The minimum absolute atomic E-state index is 0. The van der Waals surface area contributed by atoms with E-state index < -0.39 is 0 Å². The van der Waals surface area contributed by atoms with Crippen LogP contribution in [0.3, 0.4) is 0 Å². The molecule has 0 aliphatic rings. The molecule has 2 aromatic rings. The van der Waals surface area contributed by atoms with Crippen molar-refractivity contribution in [2.24, 2.45) is 0 Å². The normalized spacial score (nSPS) is 8.62. The van der Waals surface area contributed by atoms with Crippen LogP contribution in [-0.2, 0) is 15.0 Å². The summed E-state index contributed by atoms with van der Waals surface area (Å²) in [7, 11) is 0. The van der Waals surface area contributed by atoms with Crippen molar-refractivity contribution in [3.05, 3.63) is 22.9 Å². The molecular formula is C6H4Cl2FeN2S2. The van der Waals surface area contributed by atoms with Gasteiger partial charge in [-0.25, -0.2) is 0 Å². The topological polar surface area (TPSA) is 25.8 Å². The SMILES string of the molecule is [Cl-].[Cl-].c1c[c]([Fe+2][c]2ccsn2)ns1. The van der Waals surface area contributed by atoms with Crippen molar-refractivity contribution in [2.45, 2.75) is 0 Å². The Morgan fingerprint density at radius 2 is 1.38 bits per heavy atom. The molecule has 0 saturated carbocycles. The van der Waals surface area contributed by atoms with Gasteiger partial charge in [-0.05, 0) is 0 Å². The van der Waals surface area contributed by atoms with Gasteiger partial charge in [0.05, 0.1) is 0 Å². The molecular weight excluding hydrogens is 291 g/mol. The number of halogens is 2. The number of rotatable bonds is 2. The van der Waals surface area contributed by atoms with Crippen molar-refractivity contribution < 1.29 is 39.8 Å². The summed E-state index contributed by atoms with van der Waals surface area (Å²) in [5.41, 5.74) is 0. The summed E-state index contributed by atoms with van der Waals surface area (Å²) in [5, 5.41) is 3.98. The Morgan fingerprint density at radius 3 is 1.69 bits per heavy atom. The molecule has 0 bridgehead atoms. The summed E-state index contributed by atoms with van der Waals surface area (Å²) >= 11 is 3.84. The average molecular weight is 295 g/mol. The van der Waals surface area contributed by atoms with Gasteiger partial charge in [0.2, 0.25) is 0 Å². The van der Waals surface area contributed by atoms with Gasteiger partial charge >= 0.3 is 78.8 Å². The van der Waals surface area contributed by atoms with Crippen molar-refractivity contribution in [3.63, 3.8) is 0 Å². The van der Waals surface area contributed by atoms with Gasteiger partial charge in [0.15, 0.2) is 0 Å². The van der Waals surface area contributed by atoms with Crippen LogP contribution >= 0.6 is 23.1 Å². The third-order valence-corrected chi connectivity index (χ3v) is 3.59. The van der Waals surface area contributed by atoms with E-state index in [2.05, 4.69) is 8.75 Å². The summed E-state index contributed by atoms with van der Waals surface area (Å²) < 4.78 is 10.6. The molecule has 72 valence electrons. The van der Waals surface area contributed by atoms with Gasteiger partial charge in [-0.3, -0.25) is 0 Å². The van der Waals surface area contributed by atoms with E-state index in [9.17, 15) is 0 Å². The fraction of sp³-hybridized carbons (Fsp3) is 0. The molecule has 0 fully saturated rings. The molecule has 0 aliphatic heterocycles. The van der Waals surface area contributed by atoms with E-state index in [1.165, 1.54) is 23.1 Å². The molecule has 0 saturated heterocycles. The van der Waals surface area contributed by atoms with Crippen molar-refractivity contribution in [3.8, 4) is 0 Å². The average Bonchev–Trinajstić information content (AvgIpc) is 2.60. The van der Waals surface area contributed by atoms with Crippen LogP contribution in [0.4, 0.5) is 0 Å². The van der Waals surface area contributed by atoms with Gasteiger partial charge in [0, 0.05) is 0 Å². The molecule has 2 aromatic heterocycles. The summed E-state index contributed by atoms with van der Waals surface area (Å²) in [6.45, 7) is 0. The Labute approximate surface area is 103 Å². The van der Waals surface area contributed by atoms with Crippen molar-refractivity contribution in [1.29, 1.82) is 0 Å². The Balaban J connectivity index is 0.000000720. The van der Waals surface area contributed by atoms with E-state index in [-0.39, 0.29) is 24.8 Å². The quantitative estimate of drug-likeness (QED) is 0.517. The maximum atomic E-state index is 4.20. The first kappa shape index (κ1) is 13.4. The van der Waals surface area contributed by atoms with Crippen molar-refractivity contribution in [1.82, 2.24) is 8.75 Å². The first-order chi connectivity index (χ1) is 5.45. The van der Waals surface area contributed by atoms with Crippen LogP contribution in [0.2, 0.25) is 0 Å². The van der Waals surface area contributed by atoms with Crippen molar-refractivity contribution in [2.75, 3.05) is 0 Å². The molecule has 2 heterocycles. The summed E-state index contributed by atoms with van der Waals surface area (Å²) in [5.74, 6) is 0. The van der Waals surface area contributed by atoms with E-state index in [0.717, 1.165) is 24.1 Å². The van der Waals surface area contributed by atoms with E-state index in [0.29, 0.717) is 0 Å². The second-order valence-corrected chi connectivity index (χ2v) is 4.45. The van der Waals surface area contributed by atoms with E-state index in [1.54, 1.807) is 0 Å². The van der Waals surface area contributed by atoms with Gasteiger partial charge in [-0.15, -0.1) is 0 Å². The third kappa shape index (κ3) is 3.94. The molecule has 0 spiro atoms. The van der Waals surface area contributed by atoms with Crippen LogP contribution in [0.1, 0.15) is 0 Å². The second kappa shape index (κ2) is 6.76. The molecule has 13 heavy (non-hydrogen) atoms. The molecule has 7 heteroatoms. The standard InChI is InChI=1S/2C3H2NS.2ClH.Fe/c2*1-2-4-5-3-1;;;/h2*1,3H;2*1H;/q;;;;+2/p-2. The molecule has 0 aromatic carbocycles. The Bertz CT molecular complexity index is 279. The zero-order chi connectivity index (χ0) is 7.52. The molecule has 2 rings (SSSR count). The zero-order valence-corrected chi connectivity index (χ0v) is 10.4. The first-order valence-electron chi connectivity index (χ1n) is 2.88. The van der Waals surface area contributed by atoms with Crippen molar-refractivity contribution >= 4 is 32.2 Å². The predicted octanol–water partition coefficient (Wildman–Crippen LogP) is -5.36. The monoisotopic (exact) mass is 294 g/mol.